The van der Waals surface area contributed by atoms with Crippen LogP contribution in [0.3, 0.4) is 0 Å². The van der Waals surface area contributed by atoms with Gasteiger partial charge in [0.25, 0.3) is 0 Å². The van der Waals surface area contributed by atoms with Gasteiger partial charge in [-0.05, 0) is 12.0 Å². The molecule has 0 spiro atoms. The van der Waals surface area contributed by atoms with Crippen LogP contribution in [0, 0.1) is 5.92 Å². The van der Waals surface area contributed by atoms with Crippen LogP contribution in [0.5, 0.6) is 0 Å². The maximum Gasteiger partial charge on any atom is 0.309 e. The van der Waals surface area contributed by atoms with E-state index in [1.165, 1.54) is 0 Å². The number of rotatable bonds is 10. The van der Waals surface area contributed by atoms with Crippen LogP contribution in [0.15, 0.2) is 30.3 Å². The van der Waals surface area contributed by atoms with Gasteiger partial charge in [-0.15, -0.1) is 0 Å². The van der Waals surface area contributed by atoms with Crippen LogP contribution >= 0.6 is 0 Å². The summed E-state index contributed by atoms with van der Waals surface area (Å²) in [4.78, 5) is 22.9. The third kappa shape index (κ3) is 7.49. The Morgan fingerprint density at radius 3 is 2.48 bits per heavy atom. The van der Waals surface area contributed by atoms with E-state index in [0.717, 1.165) is 31.2 Å². The quantitative estimate of drug-likeness (QED) is 0.526. The molecule has 0 amide bonds. The maximum atomic E-state index is 12.0. The highest BCUT2D eigenvalue weighted by Crippen LogP contribution is 2.17. The first-order chi connectivity index (χ1) is 10.1. The standard InChI is InChI=1S/C17H24O4/c1-2-3-4-8-11-15(12-16(18)19)17(20)21-13-14-9-6-5-7-10-14/h5-7,9-10,15H,2-4,8,11-13H2,1H3,(H,18,19)/t15-/m1/s1. The number of hydrogen-bond donors (Lipinski definition) is 1. The lowest BCUT2D eigenvalue weighted by atomic mass is 9.97. The Morgan fingerprint density at radius 1 is 1.14 bits per heavy atom. The Balaban J connectivity index is 2.44. The Labute approximate surface area is 126 Å². The highest BCUT2D eigenvalue weighted by molar-refractivity contribution is 5.79. The molecule has 21 heavy (non-hydrogen) atoms. The van der Waals surface area contributed by atoms with E-state index in [9.17, 15) is 9.59 Å². The Morgan fingerprint density at radius 2 is 1.86 bits per heavy atom. The molecule has 1 atom stereocenters. The number of esters is 1. The predicted molar refractivity (Wildman–Crippen MR) is 80.7 cm³/mol. The molecule has 0 saturated carbocycles. The monoisotopic (exact) mass is 292 g/mol. The van der Waals surface area contributed by atoms with Gasteiger partial charge in [-0.3, -0.25) is 9.59 Å². The number of aliphatic carboxylic acids is 1. The van der Waals surface area contributed by atoms with Gasteiger partial charge in [0.05, 0.1) is 12.3 Å². The van der Waals surface area contributed by atoms with Crippen molar-refractivity contribution in [1.82, 2.24) is 0 Å². The number of hydrogen-bond acceptors (Lipinski definition) is 3. The predicted octanol–water partition coefficient (Wildman–Crippen LogP) is 3.79. The second-order valence-electron chi connectivity index (χ2n) is 5.24. The normalized spacial score (nSPS) is 11.9. The van der Waals surface area contributed by atoms with Gasteiger partial charge in [0.2, 0.25) is 0 Å². The van der Waals surface area contributed by atoms with Crippen molar-refractivity contribution in [2.45, 2.75) is 52.1 Å². The molecular weight excluding hydrogens is 268 g/mol. The molecule has 0 bridgehead atoms. The van der Waals surface area contributed by atoms with Crippen LogP contribution in [-0.2, 0) is 20.9 Å². The number of carbonyl (C=O) groups excluding carboxylic acids is 1. The second kappa shape index (κ2) is 9.97. The number of carbonyl (C=O) groups is 2. The summed E-state index contributed by atoms with van der Waals surface area (Å²) in [6.07, 6.45) is 4.55. The third-order valence-electron chi connectivity index (χ3n) is 3.38. The fourth-order valence-electron chi connectivity index (χ4n) is 2.18. The minimum Gasteiger partial charge on any atom is -0.481 e. The molecule has 1 N–H and O–H groups in total. The van der Waals surface area contributed by atoms with Crippen LogP contribution in [0.1, 0.15) is 51.0 Å². The van der Waals surface area contributed by atoms with Crippen molar-refractivity contribution in [3.05, 3.63) is 35.9 Å². The average Bonchev–Trinajstić information content (AvgIpc) is 2.48. The molecule has 0 aliphatic carbocycles. The summed E-state index contributed by atoms with van der Waals surface area (Å²) in [6.45, 7) is 2.31. The number of unbranched alkanes of at least 4 members (excludes halogenated alkanes) is 3. The lowest BCUT2D eigenvalue weighted by Crippen LogP contribution is -2.21. The molecule has 0 aromatic heterocycles. The van der Waals surface area contributed by atoms with Crippen molar-refractivity contribution in [2.24, 2.45) is 5.92 Å². The fourth-order valence-corrected chi connectivity index (χ4v) is 2.18. The minimum atomic E-state index is -0.952. The van der Waals surface area contributed by atoms with E-state index in [-0.39, 0.29) is 13.0 Å². The molecule has 4 heteroatoms. The number of benzene rings is 1. The van der Waals surface area contributed by atoms with Gasteiger partial charge in [0.1, 0.15) is 6.61 Å². The molecule has 0 aliphatic heterocycles. The van der Waals surface area contributed by atoms with Gasteiger partial charge in [-0.25, -0.2) is 0 Å². The van der Waals surface area contributed by atoms with Crippen molar-refractivity contribution in [1.29, 1.82) is 0 Å². The molecular formula is C17H24O4. The summed E-state index contributed by atoms with van der Waals surface area (Å²) >= 11 is 0. The average molecular weight is 292 g/mol. The summed E-state index contributed by atoms with van der Waals surface area (Å²) in [6, 6.07) is 9.40. The molecule has 1 aromatic carbocycles. The Hall–Kier alpha value is -1.84. The van der Waals surface area contributed by atoms with Gasteiger partial charge in [0.15, 0.2) is 0 Å². The molecule has 1 aromatic rings. The van der Waals surface area contributed by atoms with E-state index >= 15 is 0 Å². The lowest BCUT2D eigenvalue weighted by Gasteiger charge is -2.14. The summed E-state index contributed by atoms with van der Waals surface area (Å²) in [5, 5.41) is 8.91. The maximum absolute atomic E-state index is 12.0. The van der Waals surface area contributed by atoms with E-state index in [0.29, 0.717) is 6.42 Å². The molecule has 0 radical (unpaired) electrons. The Bertz CT molecular complexity index is 428. The van der Waals surface area contributed by atoms with Gasteiger partial charge >= 0.3 is 11.9 Å². The highest BCUT2D eigenvalue weighted by Gasteiger charge is 2.22. The van der Waals surface area contributed by atoms with E-state index < -0.39 is 17.9 Å². The van der Waals surface area contributed by atoms with Crippen molar-refractivity contribution < 1.29 is 19.4 Å². The summed E-state index contributed by atoms with van der Waals surface area (Å²) in [5.74, 6) is -1.90. The molecule has 1 rings (SSSR count). The smallest absolute Gasteiger partial charge is 0.309 e. The molecule has 0 fully saturated rings. The first-order valence-electron chi connectivity index (χ1n) is 7.55. The number of carboxylic acid groups (broad SMARTS) is 1. The summed E-state index contributed by atoms with van der Waals surface area (Å²) in [5.41, 5.74) is 0.908. The first-order valence-corrected chi connectivity index (χ1v) is 7.55. The van der Waals surface area contributed by atoms with E-state index in [2.05, 4.69) is 6.92 Å². The molecule has 0 aliphatic rings. The third-order valence-corrected chi connectivity index (χ3v) is 3.38. The van der Waals surface area contributed by atoms with Gasteiger partial charge in [-0.1, -0.05) is 62.9 Å². The topological polar surface area (TPSA) is 63.6 Å². The summed E-state index contributed by atoms with van der Waals surface area (Å²) < 4.78 is 5.25. The Kier molecular flexibility index (Phi) is 8.17. The largest absolute Gasteiger partial charge is 0.481 e. The van der Waals surface area contributed by atoms with Gasteiger partial charge < -0.3 is 9.84 Å². The number of ether oxygens (including phenoxy) is 1. The second-order valence-corrected chi connectivity index (χ2v) is 5.24. The van der Waals surface area contributed by atoms with Gasteiger partial charge in [0, 0.05) is 0 Å². The van der Waals surface area contributed by atoms with Crippen LogP contribution in [0.4, 0.5) is 0 Å². The summed E-state index contributed by atoms with van der Waals surface area (Å²) in [7, 11) is 0. The molecule has 0 heterocycles. The van der Waals surface area contributed by atoms with Crippen LogP contribution in [0.2, 0.25) is 0 Å². The van der Waals surface area contributed by atoms with E-state index in [1.807, 2.05) is 30.3 Å². The van der Waals surface area contributed by atoms with Crippen molar-refractivity contribution in [3.8, 4) is 0 Å². The minimum absolute atomic E-state index is 0.153. The van der Waals surface area contributed by atoms with Crippen molar-refractivity contribution >= 4 is 11.9 Å². The lowest BCUT2D eigenvalue weighted by molar-refractivity contribution is -0.154. The zero-order valence-corrected chi connectivity index (χ0v) is 12.6. The molecule has 116 valence electrons. The SMILES string of the molecule is CCCCCC[C@H](CC(=O)O)C(=O)OCc1ccccc1. The molecule has 0 unspecified atom stereocenters. The van der Waals surface area contributed by atoms with Crippen LogP contribution in [-0.4, -0.2) is 17.0 Å². The molecule has 0 saturated heterocycles. The zero-order chi connectivity index (χ0) is 15.5. The van der Waals surface area contributed by atoms with Crippen LogP contribution in [0.25, 0.3) is 0 Å². The zero-order valence-electron chi connectivity index (χ0n) is 12.6. The fraction of sp³-hybridized carbons (Fsp3) is 0.529. The van der Waals surface area contributed by atoms with Gasteiger partial charge in [-0.2, -0.15) is 0 Å². The molecule has 4 nitrogen and oxygen atoms in total. The van der Waals surface area contributed by atoms with Crippen molar-refractivity contribution in [2.75, 3.05) is 0 Å². The van der Waals surface area contributed by atoms with E-state index in [4.69, 9.17) is 9.84 Å². The van der Waals surface area contributed by atoms with E-state index in [1.54, 1.807) is 0 Å². The van der Waals surface area contributed by atoms with Crippen LogP contribution < -0.4 is 0 Å². The van der Waals surface area contributed by atoms with Crippen molar-refractivity contribution in [3.63, 3.8) is 0 Å². The first kappa shape index (κ1) is 17.2. The highest BCUT2D eigenvalue weighted by atomic mass is 16.5. The number of carboxylic acids is 1.